The SMILES string of the molecule is CCOC(=O)c1c(NC(=O)CSc2cccc(NC(=O)N3c4ccccc4SC4C=CC=CC43)c2)sc2c1CCC(C(C)(C)C)C2. The van der Waals surface area contributed by atoms with E-state index in [4.69, 9.17) is 4.74 Å². The lowest BCUT2D eigenvalue weighted by Crippen LogP contribution is -2.49. The summed E-state index contributed by atoms with van der Waals surface area (Å²) in [6, 6.07) is 15.2. The second kappa shape index (κ2) is 13.7. The molecule has 0 saturated heterocycles. The lowest BCUT2D eigenvalue weighted by Gasteiger charge is -2.40. The number of urea groups is 1. The van der Waals surface area contributed by atoms with Gasteiger partial charge < -0.3 is 15.4 Å². The van der Waals surface area contributed by atoms with Crippen molar-refractivity contribution < 1.29 is 19.1 Å². The molecule has 240 valence electrons. The number of thiophene rings is 1. The Labute approximate surface area is 283 Å². The molecule has 3 unspecified atom stereocenters. The highest BCUT2D eigenvalue weighted by atomic mass is 32.2. The van der Waals surface area contributed by atoms with E-state index in [0.29, 0.717) is 22.2 Å². The number of nitrogens with one attached hydrogen (secondary N) is 2. The highest BCUT2D eigenvalue weighted by Gasteiger charge is 2.37. The van der Waals surface area contributed by atoms with E-state index in [9.17, 15) is 14.4 Å². The Balaban J connectivity index is 1.13. The van der Waals surface area contributed by atoms with Gasteiger partial charge in [0.15, 0.2) is 0 Å². The maximum absolute atomic E-state index is 13.7. The number of allylic oxidation sites excluding steroid dienone is 2. The summed E-state index contributed by atoms with van der Waals surface area (Å²) in [5, 5.41) is 6.83. The monoisotopic (exact) mass is 673 g/mol. The third kappa shape index (κ3) is 6.94. The van der Waals surface area contributed by atoms with E-state index in [1.807, 2.05) is 59.5 Å². The molecule has 1 aliphatic heterocycles. The van der Waals surface area contributed by atoms with Crippen molar-refractivity contribution in [3.05, 3.63) is 88.8 Å². The van der Waals surface area contributed by atoms with Gasteiger partial charge in [-0.15, -0.1) is 34.9 Å². The van der Waals surface area contributed by atoms with Crippen LogP contribution in [0.5, 0.6) is 0 Å². The number of fused-ring (bicyclic) bond motifs is 3. The largest absolute Gasteiger partial charge is 0.462 e. The van der Waals surface area contributed by atoms with Gasteiger partial charge >= 0.3 is 12.0 Å². The molecule has 6 rings (SSSR count). The molecule has 0 bridgehead atoms. The topological polar surface area (TPSA) is 87.7 Å². The first-order valence-corrected chi connectivity index (χ1v) is 18.4. The fourth-order valence-electron chi connectivity index (χ4n) is 6.22. The number of hydrogen-bond acceptors (Lipinski definition) is 7. The predicted octanol–water partition coefficient (Wildman–Crippen LogP) is 8.81. The van der Waals surface area contributed by atoms with Gasteiger partial charge in [0.2, 0.25) is 5.91 Å². The van der Waals surface area contributed by atoms with Crippen LogP contribution in [0.15, 0.2) is 82.6 Å². The quantitative estimate of drug-likeness (QED) is 0.193. The number of esters is 1. The van der Waals surface area contributed by atoms with Crippen molar-refractivity contribution in [2.45, 2.75) is 68.0 Å². The van der Waals surface area contributed by atoms with Crippen LogP contribution in [-0.2, 0) is 22.4 Å². The van der Waals surface area contributed by atoms with Gasteiger partial charge in [0.05, 0.1) is 34.9 Å². The first-order chi connectivity index (χ1) is 22.1. The normalized spacial score (nSPS) is 19.9. The highest BCUT2D eigenvalue weighted by Crippen LogP contribution is 2.45. The number of ether oxygens (including phenoxy) is 1. The molecule has 0 radical (unpaired) electrons. The number of thioether (sulfide) groups is 2. The molecule has 46 heavy (non-hydrogen) atoms. The second-order valence-electron chi connectivity index (χ2n) is 12.7. The molecule has 2 heterocycles. The van der Waals surface area contributed by atoms with Crippen LogP contribution in [0.25, 0.3) is 0 Å². The van der Waals surface area contributed by atoms with Crippen LogP contribution in [-0.4, -0.2) is 41.6 Å². The Morgan fingerprint density at radius 1 is 1.04 bits per heavy atom. The number of para-hydroxylation sites is 1. The third-order valence-electron chi connectivity index (χ3n) is 8.64. The minimum absolute atomic E-state index is 0.0899. The lowest BCUT2D eigenvalue weighted by atomic mass is 9.72. The van der Waals surface area contributed by atoms with E-state index in [1.165, 1.54) is 28.0 Å². The van der Waals surface area contributed by atoms with Gasteiger partial charge in [-0.25, -0.2) is 9.59 Å². The van der Waals surface area contributed by atoms with Crippen LogP contribution in [0.3, 0.4) is 0 Å². The number of carbonyl (C=O) groups is 3. The summed E-state index contributed by atoms with van der Waals surface area (Å²) in [7, 11) is 0. The molecular weight excluding hydrogens is 635 g/mol. The molecular formula is C36H39N3O4S3. The maximum Gasteiger partial charge on any atom is 0.341 e. The zero-order chi connectivity index (χ0) is 32.4. The number of rotatable bonds is 7. The van der Waals surface area contributed by atoms with E-state index in [1.54, 1.807) is 18.7 Å². The summed E-state index contributed by atoms with van der Waals surface area (Å²) >= 11 is 4.66. The zero-order valence-corrected chi connectivity index (χ0v) is 29.0. The number of hydrogen-bond donors (Lipinski definition) is 2. The van der Waals surface area contributed by atoms with Crippen molar-refractivity contribution >= 4 is 69.1 Å². The average Bonchev–Trinajstić information content (AvgIpc) is 3.39. The van der Waals surface area contributed by atoms with Crippen LogP contribution < -0.4 is 15.5 Å². The minimum Gasteiger partial charge on any atom is -0.462 e. The molecule has 3 atom stereocenters. The molecule has 0 spiro atoms. The fraction of sp³-hybridized carbons (Fsp3) is 0.361. The number of anilines is 3. The van der Waals surface area contributed by atoms with Crippen LogP contribution in [0.4, 0.5) is 21.2 Å². The van der Waals surface area contributed by atoms with Gasteiger partial charge in [0.25, 0.3) is 0 Å². The van der Waals surface area contributed by atoms with Crippen molar-refractivity contribution in [3.8, 4) is 0 Å². The van der Waals surface area contributed by atoms with Gasteiger partial charge in [-0.3, -0.25) is 9.69 Å². The third-order valence-corrected chi connectivity index (χ3v) is 12.1. The van der Waals surface area contributed by atoms with Crippen LogP contribution >= 0.6 is 34.9 Å². The molecule has 10 heteroatoms. The molecule has 2 N–H and O–H groups in total. The summed E-state index contributed by atoms with van der Waals surface area (Å²) in [5.41, 5.74) is 3.25. The Morgan fingerprint density at radius 3 is 2.65 bits per heavy atom. The average molecular weight is 674 g/mol. The van der Waals surface area contributed by atoms with E-state index >= 15 is 0 Å². The molecule has 3 aliphatic rings. The number of carbonyl (C=O) groups excluding carboxylic acids is 3. The molecule has 2 aliphatic carbocycles. The van der Waals surface area contributed by atoms with Gasteiger partial charge in [-0.1, -0.05) is 63.3 Å². The van der Waals surface area contributed by atoms with Crippen molar-refractivity contribution in [2.75, 3.05) is 27.9 Å². The minimum atomic E-state index is -0.374. The van der Waals surface area contributed by atoms with Crippen LogP contribution in [0.1, 0.15) is 54.9 Å². The molecule has 7 nitrogen and oxygen atoms in total. The molecule has 3 aromatic rings. The zero-order valence-electron chi connectivity index (χ0n) is 26.5. The summed E-state index contributed by atoms with van der Waals surface area (Å²) in [6.07, 6.45) is 10.9. The van der Waals surface area contributed by atoms with Crippen LogP contribution in [0, 0.1) is 11.3 Å². The fourth-order valence-corrected chi connectivity index (χ4v) is 9.56. The number of nitrogens with zero attached hydrogens (tertiary/aromatic N) is 1. The Hall–Kier alpha value is -3.47. The standard InChI is InChI=1S/C36H39N3O4S3/c1-5-43-34(41)32-25-18-17-22(36(2,3)4)19-30(25)46-33(32)38-31(40)21-44-24-12-10-11-23(20-24)37-35(42)39-26-13-6-8-15-28(26)45-29-16-9-7-14-27(29)39/h6-16,20,22,26,28H,5,17-19,21H2,1-4H3,(H,37,42)(H,38,40). The van der Waals surface area contributed by atoms with Crippen molar-refractivity contribution in [1.29, 1.82) is 0 Å². The smallest absolute Gasteiger partial charge is 0.341 e. The molecule has 2 aromatic carbocycles. The highest BCUT2D eigenvalue weighted by molar-refractivity contribution is 8.00. The summed E-state index contributed by atoms with van der Waals surface area (Å²) in [4.78, 5) is 44.8. The molecule has 3 amide bonds. The lowest BCUT2D eigenvalue weighted by molar-refractivity contribution is -0.113. The Bertz CT molecular complexity index is 1710. The van der Waals surface area contributed by atoms with Crippen molar-refractivity contribution in [2.24, 2.45) is 11.3 Å². The first kappa shape index (κ1) is 32.5. The Morgan fingerprint density at radius 2 is 1.85 bits per heavy atom. The number of benzene rings is 2. The molecule has 0 saturated carbocycles. The number of amides is 3. The second-order valence-corrected chi connectivity index (χ2v) is 16.1. The molecule has 1 aromatic heterocycles. The van der Waals surface area contributed by atoms with E-state index < -0.39 is 0 Å². The van der Waals surface area contributed by atoms with Gasteiger partial charge in [-0.2, -0.15) is 0 Å². The van der Waals surface area contributed by atoms with E-state index in [2.05, 4.69) is 49.6 Å². The summed E-state index contributed by atoms with van der Waals surface area (Å²) in [5.74, 6) is 0.106. The van der Waals surface area contributed by atoms with Gasteiger partial charge in [-0.05, 0) is 73.4 Å². The van der Waals surface area contributed by atoms with Crippen molar-refractivity contribution in [1.82, 2.24) is 0 Å². The van der Waals surface area contributed by atoms with Gasteiger partial charge in [0, 0.05) is 20.4 Å². The van der Waals surface area contributed by atoms with E-state index in [0.717, 1.165) is 40.3 Å². The Kier molecular flexibility index (Phi) is 9.68. The summed E-state index contributed by atoms with van der Waals surface area (Å²) in [6.45, 7) is 8.85. The maximum atomic E-state index is 13.7. The summed E-state index contributed by atoms with van der Waals surface area (Å²) < 4.78 is 5.40. The van der Waals surface area contributed by atoms with E-state index in [-0.39, 0.29) is 47.0 Å². The van der Waals surface area contributed by atoms with Crippen LogP contribution in [0.2, 0.25) is 0 Å². The molecule has 0 fully saturated rings. The predicted molar refractivity (Wildman–Crippen MR) is 191 cm³/mol. The van der Waals surface area contributed by atoms with Crippen molar-refractivity contribution in [3.63, 3.8) is 0 Å². The first-order valence-electron chi connectivity index (χ1n) is 15.7. The van der Waals surface area contributed by atoms with Gasteiger partial charge in [0.1, 0.15) is 5.00 Å².